The third kappa shape index (κ3) is 6.87. The highest BCUT2D eigenvalue weighted by atomic mass is 32.2. The zero-order valence-corrected chi connectivity index (χ0v) is 18.1. The highest BCUT2D eigenvalue weighted by molar-refractivity contribution is 7.89. The first-order valence-corrected chi connectivity index (χ1v) is 11.5. The number of carbonyl (C=O) groups is 1. The van der Waals surface area contributed by atoms with E-state index >= 15 is 0 Å². The molecule has 1 N–H and O–H groups in total. The number of benzene rings is 2. The van der Waals surface area contributed by atoms with Gasteiger partial charge in [-0.1, -0.05) is 6.07 Å². The summed E-state index contributed by atoms with van der Waals surface area (Å²) in [6.07, 6.45) is -4.28. The molecule has 0 aliphatic carbocycles. The molecular weight excluding hydrogens is 471 g/mol. The molecule has 0 saturated carbocycles. The number of piperidine rings is 1. The standard InChI is InChI=1S/C21H21F5N2O4S/c22-16-10-14(11-17(23)12-16)4-7-27-20(29)15-5-8-28(9-6-15)33(30,31)19-3-1-2-18(13-19)32-21(24,25)26/h1-3,10-13,15H,4-9H2,(H,27,29). The van der Waals surface area contributed by atoms with Gasteiger partial charge in [0.1, 0.15) is 17.4 Å². The Morgan fingerprint density at radius 1 is 1.06 bits per heavy atom. The topological polar surface area (TPSA) is 75.7 Å². The Morgan fingerprint density at radius 2 is 1.70 bits per heavy atom. The molecule has 33 heavy (non-hydrogen) atoms. The summed E-state index contributed by atoms with van der Waals surface area (Å²) in [6, 6.07) is 7.23. The quantitative estimate of drug-likeness (QED) is 0.600. The molecule has 0 atom stereocenters. The number of ether oxygens (including phenoxy) is 1. The number of halogens is 5. The van der Waals surface area contributed by atoms with Crippen LogP contribution in [0.4, 0.5) is 22.0 Å². The third-order valence-electron chi connectivity index (χ3n) is 5.14. The Labute approximate surface area is 187 Å². The molecule has 3 rings (SSSR count). The van der Waals surface area contributed by atoms with Crippen LogP contribution in [-0.2, 0) is 21.2 Å². The van der Waals surface area contributed by atoms with Crippen molar-refractivity contribution in [1.29, 1.82) is 0 Å². The lowest BCUT2D eigenvalue weighted by atomic mass is 9.97. The lowest BCUT2D eigenvalue weighted by Gasteiger charge is -2.30. The third-order valence-corrected chi connectivity index (χ3v) is 7.03. The average Bonchev–Trinajstić information content (AvgIpc) is 2.72. The van der Waals surface area contributed by atoms with Crippen molar-refractivity contribution in [3.8, 4) is 5.75 Å². The zero-order valence-electron chi connectivity index (χ0n) is 17.2. The van der Waals surface area contributed by atoms with Crippen LogP contribution < -0.4 is 10.1 Å². The molecule has 0 radical (unpaired) electrons. The van der Waals surface area contributed by atoms with Crippen LogP contribution in [0.25, 0.3) is 0 Å². The van der Waals surface area contributed by atoms with Gasteiger partial charge >= 0.3 is 6.36 Å². The molecule has 1 amide bonds. The SMILES string of the molecule is O=C(NCCc1cc(F)cc(F)c1)C1CCN(S(=O)(=O)c2cccc(OC(F)(F)F)c2)CC1. The normalized spacial score (nSPS) is 15.9. The fourth-order valence-electron chi connectivity index (χ4n) is 3.57. The first kappa shape index (κ1) is 24.9. The van der Waals surface area contributed by atoms with Crippen molar-refractivity contribution in [2.24, 2.45) is 5.92 Å². The van der Waals surface area contributed by atoms with Gasteiger partial charge in [-0.05, 0) is 49.1 Å². The van der Waals surface area contributed by atoms with E-state index in [1.54, 1.807) is 0 Å². The Hall–Kier alpha value is -2.73. The fraction of sp³-hybridized carbons (Fsp3) is 0.381. The summed E-state index contributed by atoms with van der Waals surface area (Å²) in [5.74, 6) is -2.82. The zero-order chi connectivity index (χ0) is 24.2. The van der Waals surface area contributed by atoms with Crippen molar-refractivity contribution in [2.75, 3.05) is 19.6 Å². The molecule has 0 bridgehead atoms. The van der Waals surface area contributed by atoms with E-state index < -0.39 is 39.7 Å². The van der Waals surface area contributed by atoms with E-state index in [1.165, 1.54) is 18.2 Å². The number of alkyl halides is 3. The van der Waals surface area contributed by atoms with Gasteiger partial charge in [0.2, 0.25) is 15.9 Å². The van der Waals surface area contributed by atoms with Crippen molar-refractivity contribution in [2.45, 2.75) is 30.5 Å². The van der Waals surface area contributed by atoms with E-state index in [4.69, 9.17) is 0 Å². The number of rotatable bonds is 7. The summed E-state index contributed by atoms with van der Waals surface area (Å²) in [7, 11) is -4.07. The molecular formula is C21H21F5N2O4S. The maximum Gasteiger partial charge on any atom is 0.573 e. The van der Waals surface area contributed by atoms with Crippen LogP contribution in [0.15, 0.2) is 47.4 Å². The summed E-state index contributed by atoms with van der Waals surface area (Å²) in [4.78, 5) is 12.0. The number of nitrogens with zero attached hydrogens (tertiary/aromatic N) is 1. The van der Waals surface area contributed by atoms with Gasteiger partial charge in [-0.2, -0.15) is 4.31 Å². The molecule has 1 fully saturated rings. The number of amides is 1. The van der Waals surface area contributed by atoms with Crippen molar-refractivity contribution in [3.05, 3.63) is 59.7 Å². The molecule has 0 spiro atoms. The van der Waals surface area contributed by atoms with Crippen LogP contribution in [0.2, 0.25) is 0 Å². The minimum atomic E-state index is -4.95. The molecule has 1 heterocycles. The summed E-state index contributed by atoms with van der Waals surface area (Å²) in [5.41, 5.74) is 0.394. The van der Waals surface area contributed by atoms with Gasteiger partial charge in [-0.25, -0.2) is 17.2 Å². The second-order valence-electron chi connectivity index (χ2n) is 7.52. The number of sulfonamides is 1. The van der Waals surface area contributed by atoms with Crippen LogP contribution in [-0.4, -0.2) is 44.6 Å². The highest BCUT2D eigenvalue weighted by Gasteiger charge is 2.34. The lowest BCUT2D eigenvalue weighted by molar-refractivity contribution is -0.274. The largest absolute Gasteiger partial charge is 0.573 e. The Balaban J connectivity index is 1.53. The van der Waals surface area contributed by atoms with Gasteiger partial charge in [0, 0.05) is 37.7 Å². The molecule has 6 nitrogen and oxygen atoms in total. The second kappa shape index (κ2) is 10.0. The van der Waals surface area contributed by atoms with Gasteiger partial charge in [0.05, 0.1) is 4.90 Å². The molecule has 2 aromatic carbocycles. The monoisotopic (exact) mass is 492 g/mol. The molecule has 1 saturated heterocycles. The molecule has 1 aliphatic heterocycles. The Morgan fingerprint density at radius 3 is 2.30 bits per heavy atom. The van der Waals surface area contributed by atoms with E-state index in [0.717, 1.165) is 28.6 Å². The molecule has 180 valence electrons. The van der Waals surface area contributed by atoms with Gasteiger partial charge < -0.3 is 10.1 Å². The molecule has 2 aromatic rings. The van der Waals surface area contributed by atoms with Crippen LogP contribution in [0, 0.1) is 17.6 Å². The average molecular weight is 492 g/mol. The first-order valence-electron chi connectivity index (χ1n) is 10.0. The number of hydrogen-bond acceptors (Lipinski definition) is 4. The van der Waals surface area contributed by atoms with Crippen molar-refractivity contribution >= 4 is 15.9 Å². The minimum Gasteiger partial charge on any atom is -0.406 e. The molecule has 0 unspecified atom stereocenters. The summed E-state index contributed by atoms with van der Waals surface area (Å²) in [5, 5.41) is 2.68. The van der Waals surface area contributed by atoms with Gasteiger partial charge in [0.15, 0.2) is 0 Å². The van der Waals surface area contributed by atoms with E-state index in [2.05, 4.69) is 10.1 Å². The van der Waals surface area contributed by atoms with Gasteiger partial charge in [-0.15, -0.1) is 13.2 Å². The van der Waals surface area contributed by atoms with E-state index in [9.17, 15) is 35.2 Å². The summed E-state index contributed by atoms with van der Waals surface area (Å²) < 4.78 is 94.1. The minimum absolute atomic E-state index is 0.0138. The predicted octanol–water partition coefficient (Wildman–Crippen LogP) is 3.62. The Bertz CT molecular complexity index is 1080. The number of carbonyl (C=O) groups excluding carboxylic acids is 1. The first-order chi connectivity index (χ1) is 15.4. The number of nitrogens with one attached hydrogen (secondary N) is 1. The van der Waals surface area contributed by atoms with E-state index in [0.29, 0.717) is 5.56 Å². The van der Waals surface area contributed by atoms with E-state index in [1.807, 2.05) is 0 Å². The lowest BCUT2D eigenvalue weighted by Crippen LogP contribution is -2.43. The maximum absolute atomic E-state index is 13.2. The summed E-state index contributed by atoms with van der Waals surface area (Å²) >= 11 is 0. The van der Waals surface area contributed by atoms with Gasteiger partial charge in [0.25, 0.3) is 0 Å². The second-order valence-corrected chi connectivity index (χ2v) is 9.46. The number of hydrogen-bond donors (Lipinski definition) is 1. The van der Waals surface area contributed by atoms with Crippen LogP contribution in [0.3, 0.4) is 0 Å². The Kier molecular flexibility index (Phi) is 7.58. The predicted molar refractivity (Wildman–Crippen MR) is 108 cm³/mol. The van der Waals surface area contributed by atoms with Crippen molar-refractivity contribution in [1.82, 2.24) is 9.62 Å². The summed E-state index contributed by atoms with van der Waals surface area (Å²) in [6.45, 7) is 0.187. The fourth-order valence-corrected chi connectivity index (χ4v) is 5.07. The van der Waals surface area contributed by atoms with Crippen LogP contribution >= 0.6 is 0 Å². The molecule has 12 heteroatoms. The van der Waals surface area contributed by atoms with E-state index in [-0.39, 0.29) is 49.7 Å². The van der Waals surface area contributed by atoms with Crippen LogP contribution in [0.5, 0.6) is 5.75 Å². The molecule has 0 aromatic heterocycles. The maximum atomic E-state index is 13.2. The van der Waals surface area contributed by atoms with Crippen molar-refractivity contribution in [3.63, 3.8) is 0 Å². The smallest absolute Gasteiger partial charge is 0.406 e. The van der Waals surface area contributed by atoms with Gasteiger partial charge in [-0.3, -0.25) is 4.79 Å². The molecule has 1 aliphatic rings. The van der Waals surface area contributed by atoms with Crippen molar-refractivity contribution < 1.29 is 39.9 Å². The van der Waals surface area contributed by atoms with Crippen LogP contribution in [0.1, 0.15) is 18.4 Å². The highest BCUT2D eigenvalue weighted by Crippen LogP contribution is 2.28.